The van der Waals surface area contributed by atoms with E-state index in [1.165, 1.54) is 6.92 Å². The monoisotopic (exact) mass is 334 g/mol. The molecule has 8 nitrogen and oxygen atoms in total. The number of para-hydroxylation sites is 2. The number of fused-ring (bicyclic) bond motifs is 1. The first-order valence-electron chi connectivity index (χ1n) is 7.85. The van der Waals surface area contributed by atoms with Gasteiger partial charge in [-0.05, 0) is 18.6 Å². The van der Waals surface area contributed by atoms with Crippen LogP contribution in [0.15, 0.2) is 24.3 Å². The Balaban J connectivity index is 2.09. The molecule has 24 heavy (non-hydrogen) atoms. The first-order chi connectivity index (χ1) is 11.5. The molecule has 1 heterocycles. The third kappa shape index (κ3) is 4.61. The lowest BCUT2D eigenvalue weighted by atomic mass is 10.1. The molecule has 3 N–H and O–H groups in total. The van der Waals surface area contributed by atoms with Crippen LogP contribution in [0.5, 0.6) is 5.75 Å². The highest BCUT2D eigenvalue weighted by Crippen LogP contribution is 2.32. The molecule has 0 unspecified atom stereocenters. The lowest BCUT2D eigenvalue weighted by molar-refractivity contribution is -0.128. The van der Waals surface area contributed by atoms with Gasteiger partial charge in [0.05, 0.1) is 18.8 Å². The van der Waals surface area contributed by atoms with E-state index in [1.54, 1.807) is 17.0 Å². The van der Waals surface area contributed by atoms with E-state index >= 15 is 0 Å². The maximum Gasteiger partial charge on any atom is 0.262 e. The summed E-state index contributed by atoms with van der Waals surface area (Å²) >= 11 is 0. The summed E-state index contributed by atoms with van der Waals surface area (Å²) in [5.74, 6) is -0.400. The topological polar surface area (TPSA) is 99.8 Å². The number of nitrogens with one attached hydrogen (secondary N) is 3. The van der Waals surface area contributed by atoms with Crippen LogP contribution in [-0.4, -0.2) is 43.5 Å². The summed E-state index contributed by atoms with van der Waals surface area (Å²) < 4.78 is 5.75. The molecule has 2 rings (SSSR count). The molecule has 1 aliphatic rings. The summed E-state index contributed by atoms with van der Waals surface area (Å²) in [6, 6.07) is 7.22. The fraction of sp³-hybridized carbons (Fsp3) is 0.438. The molecule has 1 aromatic carbocycles. The van der Waals surface area contributed by atoms with E-state index in [-0.39, 0.29) is 30.8 Å². The molecule has 130 valence electrons. The number of carbonyl (C=O) groups excluding carboxylic acids is 3. The molecule has 0 bridgehead atoms. The lowest BCUT2D eigenvalue weighted by Gasteiger charge is -2.35. The summed E-state index contributed by atoms with van der Waals surface area (Å²) in [6.45, 7) is 4.09. The number of hydrazine groups is 1. The van der Waals surface area contributed by atoms with Crippen LogP contribution in [0.2, 0.25) is 0 Å². The van der Waals surface area contributed by atoms with Crippen molar-refractivity contribution in [1.29, 1.82) is 0 Å². The summed E-state index contributed by atoms with van der Waals surface area (Å²) in [5.41, 5.74) is 5.29. The van der Waals surface area contributed by atoms with Crippen LogP contribution in [0.4, 0.5) is 5.69 Å². The van der Waals surface area contributed by atoms with Crippen LogP contribution in [0, 0.1) is 0 Å². The molecule has 0 radical (unpaired) electrons. The van der Waals surface area contributed by atoms with Gasteiger partial charge in [0, 0.05) is 13.5 Å². The highest BCUT2D eigenvalue weighted by molar-refractivity contribution is 5.87. The van der Waals surface area contributed by atoms with Crippen molar-refractivity contribution < 1.29 is 19.1 Å². The highest BCUT2D eigenvalue weighted by Gasteiger charge is 2.31. The summed E-state index contributed by atoms with van der Waals surface area (Å²) in [7, 11) is 0. The van der Waals surface area contributed by atoms with Crippen molar-refractivity contribution in [3.05, 3.63) is 24.3 Å². The van der Waals surface area contributed by atoms with Crippen LogP contribution in [0.3, 0.4) is 0 Å². The third-order valence-electron chi connectivity index (χ3n) is 3.42. The first kappa shape index (κ1) is 17.6. The molecule has 0 aliphatic carbocycles. The second kappa shape index (κ2) is 8.19. The van der Waals surface area contributed by atoms with E-state index in [2.05, 4.69) is 16.2 Å². The average molecular weight is 334 g/mol. The quantitative estimate of drug-likeness (QED) is 0.656. The molecule has 3 amide bonds. The number of hydrogen-bond acceptors (Lipinski definition) is 5. The van der Waals surface area contributed by atoms with Gasteiger partial charge in [-0.3, -0.25) is 25.2 Å². The van der Waals surface area contributed by atoms with Crippen molar-refractivity contribution in [3.63, 3.8) is 0 Å². The number of nitrogens with zero attached hydrogens (tertiary/aromatic N) is 1. The zero-order chi connectivity index (χ0) is 17.5. The lowest BCUT2D eigenvalue weighted by Crippen LogP contribution is -2.52. The van der Waals surface area contributed by atoms with Gasteiger partial charge in [-0.1, -0.05) is 19.1 Å². The number of amides is 3. The largest absolute Gasteiger partial charge is 0.477 e. The second-order valence-corrected chi connectivity index (χ2v) is 5.48. The van der Waals surface area contributed by atoms with Crippen LogP contribution in [0.25, 0.3) is 0 Å². The van der Waals surface area contributed by atoms with E-state index in [0.717, 1.165) is 12.1 Å². The SMILES string of the molecule is CCCNC(=O)[C@H]1CN(CC(=O)NNC(C)=O)c2ccccc2O1. The van der Waals surface area contributed by atoms with E-state index in [9.17, 15) is 14.4 Å². The molecule has 8 heteroatoms. The van der Waals surface area contributed by atoms with E-state index in [4.69, 9.17) is 4.74 Å². The maximum absolute atomic E-state index is 12.2. The molecule has 0 spiro atoms. The molecule has 1 aliphatic heterocycles. The second-order valence-electron chi connectivity index (χ2n) is 5.48. The number of ether oxygens (including phenoxy) is 1. The van der Waals surface area contributed by atoms with E-state index in [1.807, 2.05) is 19.1 Å². The smallest absolute Gasteiger partial charge is 0.262 e. The van der Waals surface area contributed by atoms with Crippen molar-refractivity contribution in [3.8, 4) is 5.75 Å². The van der Waals surface area contributed by atoms with Crippen molar-refractivity contribution in [2.75, 3.05) is 24.5 Å². The predicted octanol–water partition coefficient (Wildman–Crippen LogP) is -0.0525. The molecule has 1 aromatic rings. The molecule has 0 fully saturated rings. The number of carbonyl (C=O) groups is 3. The first-order valence-corrected chi connectivity index (χ1v) is 7.85. The number of hydrogen-bond donors (Lipinski definition) is 3. The van der Waals surface area contributed by atoms with Crippen LogP contribution < -0.4 is 25.8 Å². The van der Waals surface area contributed by atoms with Gasteiger partial charge in [0.15, 0.2) is 6.10 Å². The van der Waals surface area contributed by atoms with Gasteiger partial charge in [0.25, 0.3) is 11.8 Å². The van der Waals surface area contributed by atoms with Gasteiger partial charge in [-0.25, -0.2) is 0 Å². The zero-order valence-electron chi connectivity index (χ0n) is 13.8. The van der Waals surface area contributed by atoms with Gasteiger partial charge in [-0.15, -0.1) is 0 Å². The van der Waals surface area contributed by atoms with Gasteiger partial charge in [0.1, 0.15) is 5.75 Å². The van der Waals surface area contributed by atoms with E-state index < -0.39 is 6.10 Å². The minimum Gasteiger partial charge on any atom is -0.477 e. The minimum absolute atomic E-state index is 0.00177. The fourth-order valence-corrected chi connectivity index (χ4v) is 2.33. The summed E-state index contributed by atoms with van der Waals surface area (Å²) in [6.07, 6.45) is 0.137. The molecule has 0 aromatic heterocycles. The Morgan fingerprint density at radius 3 is 2.71 bits per heavy atom. The zero-order valence-corrected chi connectivity index (χ0v) is 13.8. The highest BCUT2D eigenvalue weighted by atomic mass is 16.5. The maximum atomic E-state index is 12.2. The van der Waals surface area contributed by atoms with Gasteiger partial charge in [0.2, 0.25) is 5.91 Å². The summed E-state index contributed by atoms with van der Waals surface area (Å²) in [4.78, 5) is 36.8. The Morgan fingerprint density at radius 1 is 1.25 bits per heavy atom. The van der Waals surface area contributed by atoms with Gasteiger partial charge < -0.3 is 15.0 Å². The standard InChI is InChI=1S/C16H22N4O4/c1-3-8-17-16(23)14-9-20(10-15(22)19-18-11(2)21)12-6-4-5-7-13(12)24-14/h4-7,14H,3,8-10H2,1-2H3,(H,17,23)(H,18,21)(H,19,22)/t14-/m1/s1. The number of anilines is 1. The Labute approximate surface area is 140 Å². The van der Waals surface area contributed by atoms with Crippen molar-refractivity contribution in [2.45, 2.75) is 26.4 Å². The molecule has 0 saturated heterocycles. The Bertz CT molecular complexity index is 620. The van der Waals surface area contributed by atoms with Crippen LogP contribution >= 0.6 is 0 Å². The van der Waals surface area contributed by atoms with Gasteiger partial charge in [-0.2, -0.15) is 0 Å². The predicted molar refractivity (Wildman–Crippen MR) is 88.3 cm³/mol. The Morgan fingerprint density at radius 2 is 2.00 bits per heavy atom. The minimum atomic E-state index is -0.694. The van der Waals surface area contributed by atoms with Gasteiger partial charge >= 0.3 is 0 Å². The third-order valence-corrected chi connectivity index (χ3v) is 3.42. The Kier molecular flexibility index (Phi) is 6.00. The summed E-state index contributed by atoms with van der Waals surface area (Å²) in [5, 5.41) is 2.80. The van der Waals surface area contributed by atoms with Crippen LogP contribution in [0.1, 0.15) is 20.3 Å². The molecule has 1 atom stereocenters. The normalized spacial score (nSPS) is 15.8. The van der Waals surface area contributed by atoms with Crippen molar-refractivity contribution >= 4 is 23.4 Å². The van der Waals surface area contributed by atoms with Crippen molar-refractivity contribution in [1.82, 2.24) is 16.2 Å². The molecular weight excluding hydrogens is 312 g/mol. The Hall–Kier alpha value is -2.77. The number of rotatable bonds is 5. The van der Waals surface area contributed by atoms with Crippen LogP contribution in [-0.2, 0) is 14.4 Å². The van der Waals surface area contributed by atoms with E-state index in [0.29, 0.717) is 12.3 Å². The molecule has 0 saturated carbocycles. The van der Waals surface area contributed by atoms with Crippen molar-refractivity contribution in [2.24, 2.45) is 0 Å². The molecular formula is C16H22N4O4. The fourth-order valence-electron chi connectivity index (χ4n) is 2.33. The number of benzene rings is 1. The average Bonchev–Trinajstić information content (AvgIpc) is 2.57.